The highest BCUT2D eigenvalue weighted by Crippen LogP contribution is 2.64. The fraction of sp³-hybridized carbons (Fsp3) is 0.857. The van der Waals surface area contributed by atoms with E-state index in [1.54, 1.807) is 6.92 Å². The van der Waals surface area contributed by atoms with Crippen molar-refractivity contribution in [3.63, 3.8) is 0 Å². The van der Waals surface area contributed by atoms with Crippen LogP contribution in [-0.4, -0.2) is 21.9 Å². The second-order valence-corrected chi connectivity index (χ2v) is 6.28. The normalized spacial score (nSPS) is 49.6. The number of aliphatic hydroxyl groups excluding tert-OH is 1. The summed E-state index contributed by atoms with van der Waals surface area (Å²) >= 11 is 0. The van der Waals surface area contributed by atoms with Crippen LogP contribution >= 0.6 is 0 Å². The summed E-state index contributed by atoms with van der Waals surface area (Å²) in [5, 5.41) is 21.0. The molecule has 16 heavy (non-hydrogen) atoms. The summed E-state index contributed by atoms with van der Waals surface area (Å²) in [6, 6.07) is 0. The quantitative estimate of drug-likeness (QED) is 0.615. The molecule has 0 unspecified atom stereocenters. The summed E-state index contributed by atoms with van der Waals surface area (Å²) < 4.78 is 0. The molecule has 2 fully saturated rings. The van der Waals surface area contributed by atoms with Crippen LogP contribution in [0, 0.1) is 28.6 Å². The van der Waals surface area contributed by atoms with E-state index in [9.17, 15) is 10.2 Å². The monoisotopic (exact) mass is 222 g/mol. The molecule has 0 saturated heterocycles. The molecule has 0 aromatic rings. The van der Waals surface area contributed by atoms with E-state index < -0.39 is 11.7 Å². The van der Waals surface area contributed by atoms with Gasteiger partial charge < -0.3 is 10.2 Å². The standard InChI is InChI=1S/C14H22O2/c1-5-7-14(16)9-10-6-8-13(4,11(14)15)12(10,2)3/h10-11,15-16H,6,8-9H2,1-4H3/t10-,11-,13+,14+/m1/s1. The van der Waals surface area contributed by atoms with Crippen molar-refractivity contribution in [1.29, 1.82) is 0 Å². The molecule has 2 nitrogen and oxygen atoms in total. The smallest absolute Gasteiger partial charge is 0.151 e. The molecule has 2 aliphatic rings. The van der Waals surface area contributed by atoms with Gasteiger partial charge in [0.05, 0.1) is 6.10 Å². The number of aliphatic hydroxyl groups is 2. The molecule has 2 rings (SSSR count). The molecule has 2 N–H and O–H groups in total. The summed E-state index contributed by atoms with van der Waals surface area (Å²) in [7, 11) is 0. The SMILES string of the molecule is CC#C[C@]1(O)C[C@H]2CC[C@@](C)([C@H]1O)C2(C)C. The summed E-state index contributed by atoms with van der Waals surface area (Å²) in [4.78, 5) is 0. The zero-order valence-corrected chi connectivity index (χ0v) is 10.7. The van der Waals surface area contributed by atoms with Gasteiger partial charge in [-0.3, -0.25) is 0 Å². The highest BCUT2D eigenvalue weighted by atomic mass is 16.3. The lowest BCUT2D eigenvalue weighted by Gasteiger charge is -2.54. The fourth-order valence-corrected chi connectivity index (χ4v) is 3.82. The van der Waals surface area contributed by atoms with Crippen LogP contribution in [-0.2, 0) is 0 Å². The van der Waals surface area contributed by atoms with Crippen LogP contribution in [0.5, 0.6) is 0 Å². The van der Waals surface area contributed by atoms with E-state index in [1.165, 1.54) is 0 Å². The molecule has 0 aromatic carbocycles. The Labute approximate surface area is 98.1 Å². The minimum absolute atomic E-state index is 0.0913. The first kappa shape index (κ1) is 12.0. The third kappa shape index (κ3) is 1.22. The van der Waals surface area contributed by atoms with Crippen molar-refractivity contribution in [2.24, 2.45) is 16.7 Å². The molecule has 0 amide bonds. The van der Waals surface area contributed by atoms with Gasteiger partial charge in [0.25, 0.3) is 0 Å². The van der Waals surface area contributed by atoms with E-state index in [0.29, 0.717) is 12.3 Å². The molecule has 4 atom stereocenters. The minimum Gasteiger partial charge on any atom is -0.388 e. The van der Waals surface area contributed by atoms with Crippen molar-refractivity contribution in [3.8, 4) is 11.8 Å². The van der Waals surface area contributed by atoms with E-state index in [-0.39, 0.29) is 10.8 Å². The molecule has 2 bridgehead atoms. The van der Waals surface area contributed by atoms with Crippen LogP contribution in [0.15, 0.2) is 0 Å². The molecular weight excluding hydrogens is 200 g/mol. The van der Waals surface area contributed by atoms with E-state index in [4.69, 9.17) is 0 Å². The van der Waals surface area contributed by atoms with Crippen LogP contribution in [0.3, 0.4) is 0 Å². The minimum atomic E-state index is -1.19. The first-order valence-corrected chi connectivity index (χ1v) is 6.12. The third-order valence-corrected chi connectivity index (χ3v) is 5.46. The lowest BCUT2D eigenvalue weighted by Crippen LogP contribution is -2.60. The Hall–Kier alpha value is -0.520. The number of fused-ring (bicyclic) bond motifs is 2. The molecule has 0 heterocycles. The van der Waals surface area contributed by atoms with E-state index in [1.807, 2.05) is 0 Å². The molecule has 2 aliphatic carbocycles. The first-order valence-electron chi connectivity index (χ1n) is 6.12. The summed E-state index contributed by atoms with van der Waals surface area (Å²) in [6.07, 6.45) is 1.95. The van der Waals surface area contributed by atoms with Gasteiger partial charge in [0.1, 0.15) is 0 Å². The van der Waals surface area contributed by atoms with Gasteiger partial charge in [0, 0.05) is 5.41 Å². The molecule has 0 aliphatic heterocycles. The van der Waals surface area contributed by atoms with Gasteiger partial charge in [-0.2, -0.15) is 0 Å². The topological polar surface area (TPSA) is 40.5 Å². The molecule has 90 valence electrons. The Morgan fingerprint density at radius 2 is 1.88 bits per heavy atom. The maximum atomic E-state index is 10.5. The predicted octanol–water partition coefficient (Wildman–Crippen LogP) is 1.95. The Morgan fingerprint density at radius 1 is 1.25 bits per heavy atom. The van der Waals surface area contributed by atoms with E-state index >= 15 is 0 Å². The highest BCUT2D eigenvalue weighted by Gasteiger charge is 2.65. The van der Waals surface area contributed by atoms with Crippen molar-refractivity contribution in [2.75, 3.05) is 0 Å². The Balaban J connectivity index is 2.46. The molecule has 0 spiro atoms. The molecule has 2 heteroatoms. The van der Waals surface area contributed by atoms with Crippen LogP contribution in [0.1, 0.15) is 47.0 Å². The van der Waals surface area contributed by atoms with Crippen molar-refractivity contribution >= 4 is 0 Å². The lowest BCUT2D eigenvalue weighted by molar-refractivity contribution is -0.174. The zero-order valence-electron chi connectivity index (χ0n) is 10.7. The highest BCUT2D eigenvalue weighted by molar-refractivity contribution is 5.25. The molecular formula is C14H22O2. The number of rotatable bonds is 0. The van der Waals surface area contributed by atoms with Gasteiger partial charge in [-0.1, -0.05) is 26.7 Å². The van der Waals surface area contributed by atoms with Gasteiger partial charge in [-0.05, 0) is 37.5 Å². The zero-order chi connectivity index (χ0) is 12.2. The van der Waals surface area contributed by atoms with Crippen molar-refractivity contribution in [1.82, 2.24) is 0 Å². The van der Waals surface area contributed by atoms with E-state index in [0.717, 1.165) is 12.8 Å². The average molecular weight is 222 g/mol. The van der Waals surface area contributed by atoms with Crippen LogP contribution in [0.4, 0.5) is 0 Å². The van der Waals surface area contributed by atoms with Crippen molar-refractivity contribution in [2.45, 2.75) is 58.7 Å². The second-order valence-electron chi connectivity index (χ2n) is 6.28. The Kier molecular flexibility index (Phi) is 2.42. The molecule has 0 aromatic heterocycles. The average Bonchev–Trinajstić information content (AvgIpc) is 2.34. The van der Waals surface area contributed by atoms with Gasteiger partial charge in [0.2, 0.25) is 0 Å². The van der Waals surface area contributed by atoms with Crippen molar-refractivity contribution < 1.29 is 10.2 Å². The maximum Gasteiger partial charge on any atom is 0.151 e. The lowest BCUT2D eigenvalue weighted by atomic mass is 9.54. The summed E-state index contributed by atoms with van der Waals surface area (Å²) in [5.41, 5.74) is -1.32. The maximum absolute atomic E-state index is 10.5. The van der Waals surface area contributed by atoms with Crippen molar-refractivity contribution in [3.05, 3.63) is 0 Å². The summed E-state index contributed by atoms with van der Waals surface area (Å²) in [6.45, 7) is 8.24. The van der Waals surface area contributed by atoms with E-state index in [2.05, 4.69) is 32.6 Å². The summed E-state index contributed by atoms with van der Waals surface area (Å²) in [5.74, 6) is 6.06. The largest absolute Gasteiger partial charge is 0.388 e. The third-order valence-electron chi connectivity index (χ3n) is 5.46. The molecule has 2 saturated carbocycles. The van der Waals surface area contributed by atoms with Gasteiger partial charge in [-0.15, -0.1) is 5.92 Å². The fourth-order valence-electron chi connectivity index (χ4n) is 3.82. The van der Waals surface area contributed by atoms with Crippen LogP contribution in [0.2, 0.25) is 0 Å². The second kappa shape index (κ2) is 3.24. The van der Waals surface area contributed by atoms with Gasteiger partial charge >= 0.3 is 0 Å². The Bertz CT molecular complexity index is 363. The van der Waals surface area contributed by atoms with Gasteiger partial charge in [0.15, 0.2) is 5.60 Å². The molecule has 0 radical (unpaired) electrons. The first-order chi connectivity index (χ1) is 7.28. The van der Waals surface area contributed by atoms with Crippen LogP contribution in [0.25, 0.3) is 0 Å². The number of hydrogen-bond donors (Lipinski definition) is 2. The van der Waals surface area contributed by atoms with Gasteiger partial charge in [-0.25, -0.2) is 0 Å². The Morgan fingerprint density at radius 3 is 2.44 bits per heavy atom. The predicted molar refractivity (Wildman–Crippen MR) is 63.6 cm³/mol. The van der Waals surface area contributed by atoms with Crippen LogP contribution < -0.4 is 0 Å². The number of hydrogen-bond acceptors (Lipinski definition) is 2.